The van der Waals surface area contributed by atoms with Crippen LogP contribution >= 0.6 is 22.6 Å². The molecule has 23 heavy (non-hydrogen) atoms. The van der Waals surface area contributed by atoms with E-state index in [1.165, 1.54) is 30.5 Å². The molecule has 0 bridgehead atoms. The lowest BCUT2D eigenvalue weighted by Gasteiger charge is -2.12. The van der Waals surface area contributed by atoms with Crippen LogP contribution in [-0.4, -0.2) is 40.0 Å². The van der Waals surface area contributed by atoms with Gasteiger partial charge in [-0.3, -0.25) is 0 Å². The van der Waals surface area contributed by atoms with Gasteiger partial charge in [0.1, 0.15) is 24.7 Å². The highest BCUT2D eigenvalue weighted by Gasteiger charge is 2.16. The van der Waals surface area contributed by atoms with Crippen LogP contribution in [0.2, 0.25) is 0 Å². The fourth-order valence-electron chi connectivity index (χ4n) is 1.79. The highest BCUT2D eigenvalue weighted by atomic mass is 127. The molecule has 7 heteroatoms. The number of rotatable bonds is 7. The molecule has 0 aliphatic carbocycles. The van der Waals surface area contributed by atoms with E-state index in [1.54, 1.807) is 12.1 Å². The average Bonchev–Trinajstić information content (AvgIpc) is 2.53. The zero-order valence-corrected chi connectivity index (χ0v) is 15.9. The number of hydrogen-bond donors (Lipinski definition) is 0. The van der Waals surface area contributed by atoms with Crippen LogP contribution in [0.3, 0.4) is 0 Å². The van der Waals surface area contributed by atoms with Crippen molar-refractivity contribution < 1.29 is 17.9 Å². The zero-order valence-electron chi connectivity index (χ0n) is 12.9. The van der Waals surface area contributed by atoms with Crippen LogP contribution in [0.25, 0.3) is 0 Å². The molecule has 124 valence electrons. The van der Waals surface area contributed by atoms with Gasteiger partial charge in [-0.15, -0.1) is 0 Å². The van der Waals surface area contributed by atoms with Gasteiger partial charge in [-0.25, -0.2) is 12.7 Å². The molecule has 0 aliphatic rings. The molecule has 0 N–H and O–H groups in total. The van der Waals surface area contributed by atoms with Gasteiger partial charge in [0, 0.05) is 14.1 Å². The summed E-state index contributed by atoms with van der Waals surface area (Å²) in [5, 5.41) is 0. The molecule has 0 saturated carbocycles. The van der Waals surface area contributed by atoms with Gasteiger partial charge >= 0.3 is 0 Å². The Morgan fingerprint density at radius 3 is 2.17 bits per heavy atom. The van der Waals surface area contributed by atoms with Crippen LogP contribution in [0.1, 0.15) is 0 Å². The van der Waals surface area contributed by atoms with Gasteiger partial charge in [0.2, 0.25) is 10.0 Å². The Hall–Kier alpha value is -1.32. The summed E-state index contributed by atoms with van der Waals surface area (Å²) in [6.07, 6.45) is 0. The fourth-order valence-corrected chi connectivity index (χ4v) is 3.24. The Bertz CT molecular complexity index is 745. The number of para-hydroxylation sites is 1. The van der Waals surface area contributed by atoms with E-state index >= 15 is 0 Å². The molecule has 0 unspecified atom stereocenters. The van der Waals surface area contributed by atoms with E-state index in [1.807, 2.05) is 24.3 Å². The first-order valence-corrected chi connectivity index (χ1v) is 9.46. The highest BCUT2D eigenvalue weighted by molar-refractivity contribution is 14.1. The molecular formula is C16H18INO4S. The third-order valence-corrected chi connectivity index (χ3v) is 5.77. The molecule has 0 spiro atoms. The largest absolute Gasteiger partial charge is 0.490 e. The first-order chi connectivity index (χ1) is 10.9. The molecule has 0 aliphatic heterocycles. The van der Waals surface area contributed by atoms with Gasteiger partial charge in [-0.1, -0.05) is 12.1 Å². The first-order valence-electron chi connectivity index (χ1n) is 6.94. The van der Waals surface area contributed by atoms with Crippen LogP contribution in [0.5, 0.6) is 11.5 Å². The lowest BCUT2D eigenvalue weighted by molar-refractivity contribution is 0.216. The van der Waals surface area contributed by atoms with Crippen molar-refractivity contribution in [1.29, 1.82) is 0 Å². The van der Waals surface area contributed by atoms with E-state index in [-0.39, 0.29) is 4.90 Å². The third kappa shape index (κ3) is 4.82. The van der Waals surface area contributed by atoms with Crippen LogP contribution in [-0.2, 0) is 10.0 Å². The summed E-state index contributed by atoms with van der Waals surface area (Å²) in [5.41, 5.74) is 0. The van der Waals surface area contributed by atoms with Crippen LogP contribution < -0.4 is 9.47 Å². The van der Waals surface area contributed by atoms with E-state index in [9.17, 15) is 8.42 Å². The number of halogens is 1. The third-order valence-electron chi connectivity index (χ3n) is 3.05. The molecule has 2 aromatic carbocycles. The second-order valence-electron chi connectivity index (χ2n) is 4.89. The second kappa shape index (κ2) is 7.98. The minimum absolute atomic E-state index is 0.241. The minimum Gasteiger partial charge on any atom is -0.490 e. The maximum Gasteiger partial charge on any atom is 0.242 e. The Morgan fingerprint density at radius 1 is 0.957 bits per heavy atom. The number of benzene rings is 2. The zero-order chi connectivity index (χ0) is 16.9. The average molecular weight is 447 g/mol. The summed E-state index contributed by atoms with van der Waals surface area (Å²) >= 11 is 2.21. The van der Waals surface area contributed by atoms with E-state index in [0.717, 1.165) is 9.32 Å². The molecule has 0 fully saturated rings. The molecule has 2 rings (SSSR count). The van der Waals surface area contributed by atoms with Gasteiger partial charge in [-0.2, -0.15) is 0 Å². The van der Waals surface area contributed by atoms with Crippen molar-refractivity contribution >= 4 is 32.6 Å². The summed E-state index contributed by atoms with van der Waals surface area (Å²) in [4.78, 5) is 0.241. The smallest absolute Gasteiger partial charge is 0.242 e. The molecular weight excluding hydrogens is 429 g/mol. The lowest BCUT2D eigenvalue weighted by atomic mass is 10.3. The maximum atomic E-state index is 12.0. The van der Waals surface area contributed by atoms with E-state index < -0.39 is 10.0 Å². The molecule has 0 aromatic heterocycles. The van der Waals surface area contributed by atoms with E-state index in [4.69, 9.17) is 9.47 Å². The number of ether oxygens (including phenoxy) is 2. The second-order valence-corrected chi connectivity index (χ2v) is 8.20. The van der Waals surface area contributed by atoms with Gasteiger partial charge in [0.05, 0.1) is 8.47 Å². The van der Waals surface area contributed by atoms with Gasteiger partial charge < -0.3 is 9.47 Å². The predicted molar refractivity (Wildman–Crippen MR) is 97.5 cm³/mol. The Balaban J connectivity index is 1.86. The monoisotopic (exact) mass is 447 g/mol. The SMILES string of the molecule is CN(C)S(=O)(=O)c1ccc(OCCOc2ccccc2I)cc1. The van der Waals surface area contributed by atoms with Crippen LogP contribution in [0.15, 0.2) is 53.4 Å². The normalized spacial score (nSPS) is 11.5. The van der Waals surface area contributed by atoms with Crippen molar-refractivity contribution in [3.63, 3.8) is 0 Å². The predicted octanol–water partition coefficient (Wildman–Crippen LogP) is 3.00. The Morgan fingerprint density at radius 2 is 1.57 bits per heavy atom. The summed E-state index contributed by atoms with van der Waals surface area (Å²) in [6, 6.07) is 14.1. The fraction of sp³-hybridized carbons (Fsp3) is 0.250. The maximum absolute atomic E-state index is 12.0. The summed E-state index contributed by atoms with van der Waals surface area (Å²) in [5.74, 6) is 1.43. The molecule has 2 aromatic rings. The highest BCUT2D eigenvalue weighted by Crippen LogP contribution is 2.20. The summed E-state index contributed by atoms with van der Waals surface area (Å²) in [7, 11) is -0.403. The Labute approximate surface area is 150 Å². The minimum atomic E-state index is -3.41. The molecule has 0 amide bonds. The molecule has 0 saturated heterocycles. The van der Waals surface area contributed by atoms with Crippen LogP contribution in [0, 0.1) is 3.57 Å². The van der Waals surface area contributed by atoms with Crippen molar-refractivity contribution in [3.8, 4) is 11.5 Å². The standard InChI is InChI=1S/C16H18INO4S/c1-18(2)23(19,20)14-9-7-13(8-10-14)21-11-12-22-16-6-4-3-5-15(16)17/h3-10H,11-12H2,1-2H3. The van der Waals surface area contributed by atoms with E-state index in [2.05, 4.69) is 22.6 Å². The quantitative estimate of drug-likeness (QED) is 0.484. The van der Waals surface area contributed by atoms with Gasteiger partial charge in [0.25, 0.3) is 0 Å². The molecule has 5 nitrogen and oxygen atoms in total. The van der Waals surface area contributed by atoms with Crippen molar-refractivity contribution in [2.75, 3.05) is 27.3 Å². The summed E-state index contributed by atoms with van der Waals surface area (Å²) in [6.45, 7) is 0.794. The molecule has 0 atom stereocenters. The first kappa shape index (κ1) is 18.0. The summed E-state index contributed by atoms with van der Waals surface area (Å²) < 4.78 is 37.3. The number of nitrogens with zero attached hydrogens (tertiary/aromatic N) is 1. The number of sulfonamides is 1. The van der Waals surface area contributed by atoms with Gasteiger partial charge in [-0.05, 0) is 59.0 Å². The van der Waals surface area contributed by atoms with Crippen molar-refractivity contribution in [2.45, 2.75) is 4.90 Å². The molecule has 0 radical (unpaired) electrons. The van der Waals surface area contributed by atoms with Crippen LogP contribution in [0.4, 0.5) is 0 Å². The van der Waals surface area contributed by atoms with E-state index in [0.29, 0.717) is 19.0 Å². The topological polar surface area (TPSA) is 55.8 Å². The number of hydrogen-bond acceptors (Lipinski definition) is 4. The Kier molecular flexibility index (Phi) is 6.25. The van der Waals surface area contributed by atoms with Gasteiger partial charge in [0.15, 0.2) is 0 Å². The van der Waals surface area contributed by atoms with Crippen molar-refractivity contribution in [1.82, 2.24) is 4.31 Å². The van der Waals surface area contributed by atoms with Crippen molar-refractivity contribution in [2.24, 2.45) is 0 Å². The van der Waals surface area contributed by atoms with Crippen molar-refractivity contribution in [3.05, 3.63) is 52.1 Å². The lowest BCUT2D eigenvalue weighted by Crippen LogP contribution is -2.22. The molecule has 0 heterocycles.